The summed E-state index contributed by atoms with van der Waals surface area (Å²) in [6, 6.07) is 0. The van der Waals surface area contributed by atoms with Crippen molar-refractivity contribution in [2.45, 2.75) is 0 Å². The van der Waals surface area contributed by atoms with E-state index in [0.29, 0.717) is 11.8 Å². The minimum Gasteiger partial charge on any atom is -0.0914 e. The lowest BCUT2D eigenvalue weighted by Gasteiger charge is -2.15. The quantitative estimate of drug-likeness (QED) is 0.643. The fourth-order valence-electron chi connectivity index (χ4n) is 2.52. The molecule has 0 aliphatic heterocycles. The van der Waals surface area contributed by atoms with Crippen LogP contribution in [0.15, 0.2) is 84.1 Å². The Labute approximate surface area is 96.4 Å². The smallest absolute Gasteiger partial charge is 0.0213 e. The zero-order valence-corrected chi connectivity index (χ0v) is 9.14. The van der Waals surface area contributed by atoms with Gasteiger partial charge in [0.15, 0.2) is 0 Å². The third kappa shape index (κ3) is 1.38. The van der Waals surface area contributed by atoms with Crippen molar-refractivity contribution in [2.24, 2.45) is 11.8 Å². The average molecular weight is 206 g/mol. The largest absolute Gasteiger partial charge is 0.0914 e. The first-order chi connectivity index (χ1) is 7.86. The first kappa shape index (κ1) is 9.41. The van der Waals surface area contributed by atoms with E-state index in [9.17, 15) is 0 Å². The Morgan fingerprint density at radius 2 is 1.31 bits per heavy atom. The molecule has 0 nitrogen and oxygen atoms in total. The van der Waals surface area contributed by atoms with Crippen LogP contribution in [0.5, 0.6) is 0 Å². The number of hydrogen-bond donors (Lipinski definition) is 0. The van der Waals surface area contributed by atoms with Gasteiger partial charge in [0.05, 0.1) is 0 Å². The Morgan fingerprint density at radius 3 is 1.94 bits per heavy atom. The molecule has 3 aliphatic rings. The van der Waals surface area contributed by atoms with Gasteiger partial charge in [0, 0.05) is 11.8 Å². The zero-order valence-electron chi connectivity index (χ0n) is 9.14. The second kappa shape index (κ2) is 3.64. The molecule has 3 aliphatic carbocycles. The predicted molar refractivity (Wildman–Crippen MR) is 68.8 cm³/mol. The molecule has 0 unspecified atom stereocenters. The third-order valence-electron chi connectivity index (χ3n) is 3.31. The van der Waals surface area contributed by atoms with E-state index in [0.717, 1.165) is 5.57 Å². The van der Waals surface area contributed by atoms with Crippen LogP contribution in [0.3, 0.4) is 0 Å². The van der Waals surface area contributed by atoms with Gasteiger partial charge in [-0.25, -0.2) is 0 Å². The molecular formula is C16H14. The van der Waals surface area contributed by atoms with Gasteiger partial charge in [-0.3, -0.25) is 0 Å². The lowest BCUT2D eigenvalue weighted by Crippen LogP contribution is -2.02. The minimum absolute atomic E-state index is 0.417. The molecule has 0 heteroatoms. The summed E-state index contributed by atoms with van der Waals surface area (Å²) in [4.78, 5) is 0. The second-order valence-electron chi connectivity index (χ2n) is 4.32. The summed E-state index contributed by atoms with van der Waals surface area (Å²) < 4.78 is 0. The number of allylic oxidation sites excluding steroid dienone is 13. The summed E-state index contributed by atoms with van der Waals surface area (Å²) >= 11 is 0. The van der Waals surface area contributed by atoms with Crippen molar-refractivity contribution >= 4 is 0 Å². The van der Waals surface area contributed by atoms with Crippen LogP contribution in [0.2, 0.25) is 0 Å². The van der Waals surface area contributed by atoms with Crippen molar-refractivity contribution in [3.63, 3.8) is 0 Å². The van der Waals surface area contributed by atoms with E-state index in [4.69, 9.17) is 0 Å². The molecule has 0 aromatic carbocycles. The van der Waals surface area contributed by atoms with Crippen LogP contribution in [0.4, 0.5) is 0 Å². The van der Waals surface area contributed by atoms with Crippen molar-refractivity contribution in [3.8, 4) is 0 Å². The van der Waals surface area contributed by atoms with Crippen LogP contribution in [0.1, 0.15) is 0 Å². The summed E-state index contributed by atoms with van der Waals surface area (Å²) in [7, 11) is 0. The molecular weight excluding hydrogens is 192 g/mol. The first-order valence-corrected chi connectivity index (χ1v) is 5.67. The highest BCUT2D eigenvalue weighted by molar-refractivity contribution is 5.59. The number of rotatable bonds is 2. The van der Waals surface area contributed by atoms with E-state index in [1.165, 1.54) is 11.1 Å². The van der Waals surface area contributed by atoms with Gasteiger partial charge in [-0.2, -0.15) is 0 Å². The molecule has 0 fully saturated rings. The fourth-order valence-corrected chi connectivity index (χ4v) is 2.52. The Balaban J connectivity index is 2.03. The van der Waals surface area contributed by atoms with Crippen molar-refractivity contribution < 1.29 is 0 Å². The third-order valence-corrected chi connectivity index (χ3v) is 3.31. The van der Waals surface area contributed by atoms with Crippen LogP contribution in [0.25, 0.3) is 0 Å². The molecule has 78 valence electrons. The average Bonchev–Trinajstić information content (AvgIpc) is 2.96. The molecule has 0 bridgehead atoms. The topological polar surface area (TPSA) is 0 Å². The maximum atomic E-state index is 4.14. The molecule has 0 saturated carbocycles. The van der Waals surface area contributed by atoms with Crippen molar-refractivity contribution in [1.82, 2.24) is 0 Å². The molecule has 0 saturated heterocycles. The van der Waals surface area contributed by atoms with Gasteiger partial charge in [-0.15, -0.1) is 0 Å². The van der Waals surface area contributed by atoms with E-state index in [-0.39, 0.29) is 0 Å². The van der Waals surface area contributed by atoms with Crippen LogP contribution in [-0.2, 0) is 0 Å². The van der Waals surface area contributed by atoms with Gasteiger partial charge < -0.3 is 0 Å². The Morgan fingerprint density at radius 1 is 0.750 bits per heavy atom. The predicted octanol–water partition coefficient (Wildman–Crippen LogP) is 3.89. The van der Waals surface area contributed by atoms with Gasteiger partial charge in [-0.05, 0) is 16.7 Å². The lowest BCUT2D eigenvalue weighted by atomic mass is 9.88. The van der Waals surface area contributed by atoms with Gasteiger partial charge in [-0.1, -0.05) is 67.3 Å². The van der Waals surface area contributed by atoms with E-state index < -0.39 is 0 Å². The Hall–Kier alpha value is -1.82. The standard InChI is InChI=1S/C16H14/c1-12-10-11-15(13-6-2-3-7-13)16(12)14-8-4-5-9-14/h2-11,13-14H,1H2. The monoisotopic (exact) mass is 206 g/mol. The second-order valence-corrected chi connectivity index (χ2v) is 4.32. The van der Waals surface area contributed by atoms with E-state index >= 15 is 0 Å². The molecule has 3 rings (SSSR count). The molecule has 0 aromatic heterocycles. The maximum Gasteiger partial charge on any atom is 0.0213 e. The molecule has 0 heterocycles. The Bertz CT molecular complexity index is 450. The van der Waals surface area contributed by atoms with Gasteiger partial charge >= 0.3 is 0 Å². The summed E-state index contributed by atoms with van der Waals surface area (Å²) in [6.45, 7) is 4.14. The fraction of sp³-hybridized carbons (Fsp3) is 0.125. The van der Waals surface area contributed by atoms with E-state index in [1.807, 2.05) is 0 Å². The highest BCUT2D eigenvalue weighted by atomic mass is 14.3. The summed E-state index contributed by atoms with van der Waals surface area (Å²) in [6.07, 6.45) is 21.7. The lowest BCUT2D eigenvalue weighted by molar-refractivity contribution is 0.932. The molecule has 0 atom stereocenters. The van der Waals surface area contributed by atoms with Crippen LogP contribution in [0, 0.1) is 11.8 Å². The normalized spacial score (nSPS) is 23.6. The molecule has 0 aromatic rings. The highest BCUT2D eigenvalue weighted by Crippen LogP contribution is 2.38. The number of hydrogen-bond acceptors (Lipinski definition) is 0. The van der Waals surface area contributed by atoms with Crippen molar-refractivity contribution in [3.05, 3.63) is 84.1 Å². The molecule has 16 heavy (non-hydrogen) atoms. The summed E-state index contributed by atoms with van der Waals surface area (Å²) in [5, 5.41) is 0. The molecule has 0 radical (unpaired) electrons. The first-order valence-electron chi connectivity index (χ1n) is 5.67. The van der Waals surface area contributed by atoms with E-state index in [1.54, 1.807) is 0 Å². The van der Waals surface area contributed by atoms with Gasteiger partial charge in [0.2, 0.25) is 0 Å². The SMILES string of the molecule is C=C1C=CC(C2C=CC=C2)=C1C1C=CC=C1. The minimum atomic E-state index is 0.417. The van der Waals surface area contributed by atoms with Crippen LogP contribution < -0.4 is 0 Å². The zero-order chi connectivity index (χ0) is 11.0. The van der Waals surface area contributed by atoms with Crippen molar-refractivity contribution in [1.29, 1.82) is 0 Å². The summed E-state index contributed by atoms with van der Waals surface area (Å²) in [5.41, 5.74) is 3.94. The Kier molecular flexibility index (Phi) is 2.14. The maximum absolute atomic E-state index is 4.14. The molecule has 0 spiro atoms. The molecule has 0 amide bonds. The summed E-state index contributed by atoms with van der Waals surface area (Å²) in [5.74, 6) is 0.854. The van der Waals surface area contributed by atoms with Crippen molar-refractivity contribution in [2.75, 3.05) is 0 Å². The highest BCUT2D eigenvalue weighted by Gasteiger charge is 2.23. The molecule has 0 N–H and O–H groups in total. The van der Waals surface area contributed by atoms with Gasteiger partial charge in [0.25, 0.3) is 0 Å². The van der Waals surface area contributed by atoms with Crippen LogP contribution in [-0.4, -0.2) is 0 Å². The van der Waals surface area contributed by atoms with Gasteiger partial charge in [0.1, 0.15) is 0 Å². The van der Waals surface area contributed by atoms with E-state index in [2.05, 4.69) is 67.3 Å². The van der Waals surface area contributed by atoms with Crippen LogP contribution >= 0.6 is 0 Å².